The lowest BCUT2D eigenvalue weighted by atomic mass is 10.00. The topological polar surface area (TPSA) is 38.7 Å². The molecule has 5 heteroatoms. The molecule has 1 N–H and O–H groups in total. The van der Waals surface area contributed by atoms with E-state index in [4.69, 9.17) is 26.2 Å². The number of hydrogen-bond acceptors (Lipinski definition) is 3. The maximum atomic E-state index is 13.7. The van der Waals surface area contributed by atoms with Crippen molar-refractivity contribution in [1.29, 1.82) is 0 Å². The number of hydrogen-bond donors (Lipinski definition) is 1. The van der Waals surface area contributed by atoms with Crippen LogP contribution in [0.3, 0.4) is 0 Å². The van der Waals surface area contributed by atoms with Gasteiger partial charge < -0.3 is 14.6 Å². The lowest BCUT2D eigenvalue weighted by molar-refractivity contribution is 0.172. The van der Waals surface area contributed by atoms with Gasteiger partial charge in [0.05, 0.1) is 5.02 Å². The first-order valence-corrected chi connectivity index (χ1v) is 4.91. The Morgan fingerprint density at radius 2 is 2.33 bits per heavy atom. The molecule has 0 bridgehead atoms. The third-order valence-corrected chi connectivity index (χ3v) is 2.63. The molecule has 0 radical (unpaired) electrons. The summed E-state index contributed by atoms with van der Waals surface area (Å²) in [6.45, 7) is 1.57. The monoisotopic (exact) mass is 232 g/mol. The maximum Gasteiger partial charge on any atom is 0.231 e. The SMILES string of the molecule is CC(CO)c1c(F)c(Cl)cc2c1OCO2. The average Bonchev–Trinajstić information content (AvgIpc) is 2.66. The lowest BCUT2D eigenvalue weighted by Crippen LogP contribution is -2.04. The molecule has 1 aliphatic rings. The van der Waals surface area contributed by atoms with Gasteiger partial charge in [0, 0.05) is 24.2 Å². The van der Waals surface area contributed by atoms with E-state index in [1.165, 1.54) is 6.07 Å². The van der Waals surface area contributed by atoms with E-state index in [1.807, 2.05) is 0 Å². The van der Waals surface area contributed by atoms with E-state index in [0.29, 0.717) is 11.5 Å². The van der Waals surface area contributed by atoms with Gasteiger partial charge in [-0.25, -0.2) is 4.39 Å². The molecule has 1 aliphatic heterocycles. The van der Waals surface area contributed by atoms with Crippen LogP contribution in [-0.2, 0) is 0 Å². The van der Waals surface area contributed by atoms with Crippen LogP contribution in [-0.4, -0.2) is 18.5 Å². The predicted molar refractivity (Wildman–Crippen MR) is 53.0 cm³/mol. The van der Waals surface area contributed by atoms with Crippen LogP contribution in [0.1, 0.15) is 18.4 Å². The molecule has 0 saturated carbocycles. The van der Waals surface area contributed by atoms with Crippen molar-refractivity contribution in [2.45, 2.75) is 12.8 Å². The van der Waals surface area contributed by atoms with Crippen molar-refractivity contribution in [3.8, 4) is 11.5 Å². The second-order valence-electron chi connectivity index (χ2n) is 3.40. The molecular formula is C10H10ClFO3. The molecule has 1 heterocycles. The van der Waals surface area contributed by atoms with Crippen LogP contribution in [0.4, 0.5) is 4.39 Å². The molecular weight excluding hydrogens is 223 g/mol. The summed E-state index contributed by atoms with van der Waals surface area (Å²) in [7, 11) is 0. The summed E-state index contributed by atoms with van der Waals surface area (Å²) in [6.07, 6.45) is 0. The quantitative estimate of drug-likeness (QED) is 0.851. The highest BCUT2D eigenvalue weighted by Gasteiger charge is 2.26. The van der Waals surface area contributed by atoms with Crippen LogP contribution in [0.5, 0.6) is 11.5 Å². The standard InChI is InChI=1S/C10H10ClFO3/c1-5(3-13)8-9(12)6(11)2-7-10(8)15-4-14-7/h2,5,13H,3-4H2,1H3. The minimum absolute atomic E-state index is 0.0189. The summed E-state index contributed by atoms with van der Waals surface area (Å²) >= 11 is 5.71. The van der Waals surface area contributed by atoms with E-state index in [2.05, 4.69) is 0 Å². The van der Waals surface area contributed by atoms with Gasteiger partial charge in [0.2, 0.25) is 6.79 Å². The van der Waals surface area contributed by atoms with Gasteiger partial charge in [-0.1, -0.05) is 18.5 Å². The number of aliphatic hydroxyl groups is 1. The van der Waals surface area contributed by atoms with E-state index in [0.717, 1.165) is 0 Å². The summed E-state index contributed by atoms with van der Waals surface area (Å²) < 4.78 is 24.0. The van der Waals surface area contributed by atoms with Crippen LogP contribution in [0.25, 0.3) is 0 Å². The highest BCUT2D eigenvalue weighted by Crippen LogP contribution is 2.43. The normalized spacial score (nSPS) is 15.5. The highest BCUT2D eigenvalue weighted by molar-refractivity contribution is 6.31. The molecule has 1 aromatic carbocycles. The number of benzene rings is 1. The molecule has 1 atom stereocenters. The Hall–Kier alpha value is -1.00. The Morgan fingerprint density at radius 3 is 3.00 bits per heavy atom. The molecule has 0 amide bonds. The minimum atomic E-state index is -0.553. The van der Waals surface area contributed by atoms with Crippen LogP contribution in [0, 0.1) is 5.82 Å². The number of aliphatic hydroxyl groups excluding tert-OH is 1. The van der Waals surface area contributed by atoms with E-state index in [-0.39, 0.29) is 29.9 Å². The van der Waals surface area contributed by atoms with Gasteiger partial charge >= 0.3 is 0 Å². The van der Waals surface area contributed by atoms with E-state index in [9.17, 15) is 4.39 Å². The number of ether oxygens (including phenoxy) is 2. The zero-order valence-corrected chi connectivity index (χ0v) is 8.84. The summed E-state index contributed by atoms with van der Waals surface area (Å²) in [6, 6.07) is 1.38. The van der Waals surface area contributed by atoms with Gasteiger partial charge in [-0.05, 0) is 0 Å². The van der Waals surface area contributed by atoms with Crippen molar-refractivity contribution < 1.29 is 19.0 Å². The smallest absolute Gasteiger partial charge is 0.231 e. The summed E-state index contributed by atoms with van der Waals surface area (Å²) in [5.41, 5.74) is 0.275. The molecule has 0 fully saturated rings. The molecule has 2 rings (SSSR count). The molecule has 1 aromatic rings. The first kappa shape index (κ1) is 10.5. The van der Waals surface area contributed by atoms with Crippen molar-refractivity contribution >= 4 is 11.6 Å². The Morgan fingerprint density at radius 1 is 1.60 bits per heavy atom. The van der Waals surface area contributed by atoms with Crippen LogP contribution < -0.4 is 9.47 Å². The Kier molecular flexibility index (Phi) is 2.71. The van der Waals surface area contributed by atoms with Crippen molar-refractivity contribution in [3.63, 3.8) is 0 Å². The molecule has 15 heavy (non-hydrogen) atoms. The Balaban J connectivity index is 2.60. The Bertz CT molecular complexity index is 395. The lowest BCUT2D eigenvalue weighted by Gasteiger charge is -2.13. The first-order chi connectivity index (χ1) is 7.15. The highest BCUT2D eigenvalue weighted by atomic mass is 35.5. The third-order valence-electron chi connectivity index (χ3n) is 2.36. The predicted octanol–water partition coefficient (Wildman–Crippen LogP) is 2.30. The van der Waals surface area contributed by atoms with Crippen LogP contribution in [0.2, 0.25) is 5.02 Å². The minimum Gasteiger partial charge on any atom is -0.454 e. The van der Waals surface area contributed by atoms with Gasteiger partial charge in [0.25, 0.3) is 0 Å². The molecule has 82 valence electrons. The molecule has 0 saturated heterocycles. The van der Waals surface area contributed by atoms with E-state index >= 15 is 0 Å². The maximum absolute atomic E-state index is 13.7. The van der Waals surface area contributed by atoms with E-state index in [1.54, 1.807) is 6.92 Å². The average molecular weight is 233 g/mol. The molecule has 3 nitrogen and oxygen atoms in total. The fraction of sp³-hybridized carbons (Fsp3) is 0.400. The molecule has 0 spiro atoms. The van der Waals surface area contributed by atoms with Crippen molar-refractivity contribution in [3.05, 3.63) is 22.5 Å². The summed E-state index contributed by atoms with van der Waals surface area (Å²) in [5, 5.41) is 9.01. The number of halogens is 2. The van der Waals surface area contributed by atoms with Gasteiger partial charge in [-0.2, -0.15) is 0 Å². The van der Waals surface area contributed by atoms with E-state index < -0.39 is 5.82 Å². The van der Waals surface area contributed by atoms with Crippen molar-refractivity contribution in [2.24, 2.45) is 0 Å². The van der Waals surface area contributed by atoms with Gasteiger partial charge in [-0.3, -0.25) is 0 Å². The second-order valence-corrected chi connectivity index (χ2v) is 3.81. The molecule has 0 aliphatic carbocycles. The van der Waals surface area contributed by atoms with Gasteiger partial charge in [0.15, 0.2) is 11.5 Å². The number of rotatable bonds is 2. The summed E-state index contributed by atoms with van der Waals surface area (Å²) in [4.78, 5) is 0. The largest absolute Gasteiger partial charge is 0.454 e. The van der Waals surface area contributed by atoms with Gasteiger partial charge in [-0.15, -0.1) is 0 Å². The van der Waals surface area contributed by atoms with Crippen molar-refractivity contribution in [1.82, 2.24) is 0 Å². The first-order valence-electron chi connectivity index (χ1n) is 4.53. The zero-order valence-electron chi connectivity index (χ0n) is 8.09. The molecule has 0 aromatic heterocycles. The fourth-order valence-corrected chi connectivity index (χ4v) is 1.75. The third kappa shape index (κ3) is 1.64. The van der Waals surface area contributed by atoms with Crippen LogP contribution >= 0.6 is 11.6 Å². The zero-order chi connectivity index (χ0) is 11.0. The second kappa shape index (κ2) is 3.87. The number of fused-ring (bicyclic) bond motifs is 1. The molecule has 1 unspecified atom stereocenters. The van der Waals surface area contributed by atoms with Gasteiger partial charge in [0.1, 0.15) is 5.82 Å². The Labute approximate surface area is 91.4 Å². The van der Waals surface area contributed by atoms with Crippen LogP contribution in [0.15, 0.2) is 6.07 Å². The fourth-order valence-electron chi connectivity index (χ4n) is 1.54. The summed E-state index contributed by atoms with van der Waals surface area (Å²) in [5.74, 6) is -0.156. The van der Waals surface area contributed by atoms with Crippen molar-refractivity contribution in [2.75, 3.05) is 13.4 Å².